The number of rotatable bonds is 11. The second kappa shape index (κ2) is 11.7. The van der Waals surface area contributed by atoms with Gasteiger partial charge in [-0.1, -0.05) is 12.1 Å². The molecule has 0 aliphatic rings. The van der Waals surface area contributed by atoms with E-state index in [1.54, 1.807) is 13.2 Å². The van der Waals surface area contributed by atoms with E-state index in [1.807, 2.05) is 55.5 Å². The van der Waals surface area contributed by atoms with Gasteiger partial charge in [0.05, 0.1) is 19.4 Å². The number of aromatic nitrogens is 2. The number of carbonyl (C=O) groups excluding carboxylic acids is 1. The lowest BCUT2D eigenvalue weighted by atomic mass is 10.1. The number of hydrogen-bond acceptors (Lipinski definition) is 5. The maximum Gasteiger partial charge on any atom is 0.266 e. The van der Waals surface area contributed by atoms with Crippen LogP contribution in [-0.2, 0) is 17.8 Å². The van der Waals surface area contributed by atoms with Gasteiger partial charge in [0.15, 0.2) is 0 Å². The molecule has 1 amide bonds. The van der Waals surface area contributed by atoms with Crippen molar-refractivity contribution in [3.05, 3.63) is 76.6 Å². The molecule has 1 N–H and O–H groups in total. The number of ether oxygens (including phenoxy) is 2. The van der Waals surface area contributed by atoms with Crippen molar-refractivity contribution in [3.63, 3.8) is 0 Å². The Kier molecular flexibility index (Phi) is 8.43. The molecule has 0 aliphatic carbocycles. The molecule has 0 unspecified atom stereocenters. The summed E-state index contributed by atoms with van der Waals surface area (Å²) in [5.41, 5.74) is 2.56. The van der Waals surface area contributed by atoms with Crippen molar-refractivity contribution in [1.29, 1.82) is 0 Å². The lowest BCUT2D eigenvalue weighted by molar-refractivity contribution is -0.121. The second-order valence-corrected chi connectivity index (χ2v) is 7.29. The van der Waals surface area contributed by atoms with Gasteiger partial charge in [0.1, 0.15) is 11.5 Å². The second-order valence-electron chi connectivity index (χ2n) is 7.29. The summed E-state index contributed by atoms with van der Waals surface area (Å²) in [6.45, 7) is 3.50. The molecule has 0 radical (unpaired) electrons. The quantitative estimate of drug-likeness (QED) is 0.499. The van der Waals surface area contributed by atoms with E-state index in [1.165, 1.54) is 10.7 Å². The number of aryl methyl sites for hydroxylation is 1. The van der Waals surface area contributed by atoms with Gasteiger partial charge >= 0.3 is 0 Å². The third kappa shape index (κ3) is 6.70. The third-order valence-corrected chi connectivity index (χ3v) is 5.00. The number of carbonyl (C=O) groups is 1. The Balaban J connectivity index is 1.46. The van der Waals surface area contributed by atoms with Crippen molar-refractivity contribution in [2.45, 2.75) is 32.7 Å². The number of nitrogens with zero attached hydrogens (tertiary/aromatic N) is 2. The summed E-state index contributed by atoms with van der Waals surface area (Å²) in [6.07, 6.45) is 1.62. The summed E-state index contributed by atoms with van der Waals surface area (Å²) in [6, 6.07) is 18.6. The first kappa shape index (κ1) is 23.1. The van der Waals surface area contributed by atoms with E-state index in [-0.39, 0.29) is 11.5 Å². The molecule has 1 aromatic heterocycles. The van der Waals surface area contributed by atoms with Crippen LogP contribution in [0.15, 0.2) is 65.5 Å². The fourth-order valence-electron chi connectivity index (χ4n) is 3.27. The summed E-state index contributed by atoms with van der Waals surface area (Å²) >= 11 is 0. The first-order valence-corrected chi connectivity index (χ1v) is 10.8. The van der Waals surface area contributed by atoms with Crippen LogP contribution in [0, 0.1) is 0 Å². The molecule has 3 rings (SSSR count). The maximum atomic E-state index is 12.2. The SMILES string of the molecule is CCOc1ccc(-c2ccc(=O)n(CCCC(=O)NCCc3ccc(OC)cc3)n2)cc1. The predicted octanol–water partition coefficient (Wildman–Crippen LogP) is 3.46. The van der Waals surface area contributed by atoms with Crippen molar-refractivity contribution < 1.29 is 14.3 Å². The minimum atomic E-state index is -0.181. The van der Waals surface area contributed by atoms with E-state index < -0.39 is 0 Å². The van der Waals surface area contributed by atoms with Crippen LogP contribution in [0.2, 0.25) is 0 Å². The molecule has 7 heteroatoms. The molecule has 3 aromatic rings. The Morgan fingerprint density at radius 2 is 1.72 bits per heavy atom. The molecule has 168 valence electrons. The molecule has 0 saturated carbocycles. The first-order valence-electron chi connectivity index (χ1n) is 10.8. The average molecular weight is 436 g/mol. The van der Waals surface area contributed by atoms with Crippen LogP contribution < -0.4 is 20.3 Å². The molecule has 0 atom stereocenters. The fourth-order valence-corrected chi connectivity index (χ4v) is 3.27. The maximum absolute atomic E-state index is 12.2. The van der Waals surface area contributed by atoms with Gasteiger partial charge in [0.25, 0.3) is 5.56 Å². The minimum absolute atomic E-state index is 0.0331. The number of amides is 1. The van der Waals surface area contributed by atoms with Crippen molar-refractivity contribution in [2.24, 2.45) is 0 Å². The Hall–Kier alpha value is -3.61. The smallest absolute Gasteiger partial charge is 0.266 e. The number of benzene rings is 2. The summed E-state index contributed by atoms with van der Waals surface area (Å²) in [5, 5.41) is 7.38. The van der Waals surface area contributed by atoms with Crippen molar-refractivity contribution in [2.75, 3.05) is 20.3 Å². The summed E-state index contributed by atoms with van der Waals surface area (Å²) in [4.78, 5) is 24.3. The van der Waals surface area contributed by atoms with E-state index in [4.69, 9.17) is 9.47 Å². The zero-order valence-electron chi connectivity index (χ0n) is 18.5. The average Bonchev–Trinajstić information content (AvgIpc) is 2.81. The fraction of sp³-hybridized carbons (Fsp3) is 0.320. The molecule has 32 heavy (non-hydrogen) atoms. The number of nitrogens with one attached hydrogen (secondary N) is 1. The van der Waals surface area contributed by atoms with Crippen molar-refractivity contribution >= 4 is 5.91 Å². The van der Waals surface area contributed by atoms with Gasteiger partial charge in [-0.15, -0.1) is 0 Å². The highest BCUT2D eigenvalue weighted by Gasteiger charge is 2.06. The Labute approximate surface area is 188 Å². The molecule has 1 heterocycles. The molecular formula is C25H29N3O4. The lowest BCUT2D eigenvalue weighted by Crippen LogP contribution is -2.27. The Morgan fingerprint density at radius 3 is 2.41 bits per heavy atom. The van der Waals surface area contributed by atoms with Crippen LogP contribution in [0.5, 0.6) is 11.5 Å². The van der Waals surface area contributed by atoms with Gasteiger partial charge in [-0.3, -0.25) is 9.59 Å². The summed E-state index contributed by atoms with van der Waals surface area (Å²) < 4.78 is 12.0. The van der Waals surface area contributed by atoms with Crippen LogP contribution in [0.3, 0.4) is 0 Å². The zero-order chi connectivity index (χ0) is 22.8. The first-order chi connectivity index (χ1) is 15.6. The van der Waals surface area contributed by atoms with E-state index in [2.05, 4.69) is 10.4 Å². The van der Waals surface area contributed by atoms with Crippen LogP contribution in [0.25, 0.3) is 11.3 Å². The normalized spacial score (nSPS) is 10.6. The number of hydrogen-bond donors (Lipinski definition) is 1. The third-order valence-electron chi connectivity index (χ3n) is 5.00. The van der Waals surface area contributed by atoms with E-state index in [9.17, 15) is 9.59 Å². The summed E-state index contributed by atoms with van der Waals surface area (Å²) in [7, 11) is 1.63. The molecule has 7 nitrogen and oxygen atoms in total. The van der Waals surface area contributed by atoms with Crippen LogP contribution in [-0.4, -0.2) is 35.9 Å². The molecular weight excluding hydrogens is 406 g/mol. The highest BCUT2D eigenvalue weighted by Crippen LogP contribution is 2.20. The molecule has 2 aromatic carbocycles. The Bertz CT molecular complexity index is 1060. The topological polar surface area (TPSA) is 82.5 Å². The lowest BCUT2D eigenvalue weighted by Gasteiger charge is -2.09. The Morgan fingerprint density at radius 1 is 1.00 bits per heavy atom. The number of methoxy groups -OCH3 is 1. The van der Waals surface area contributed by atoms with E-state index in [0.717, 1.165) is 29.0 Å². The summed E-state index contributed by atoms with van der Waals surface area (Å²) in [5.74, 6) is 1.57. The van der Waals surface area contributed by atoms with Gasteiger partial charge in [0.2, 0.25) is 5.91 Å². The highest BCUT2D eigenvalue weighted by molar-refractivity contribution is 5.75. The molecule has 0 saturated heterocycles. The van der Waals surface area contributed by atoms with Crippen LogP contribution >= 0.6 is 0 Å². The molecule has 0 spiro atoms. The monoisotopic (exact) mass is 435 g/mol. The van der Waals surface area contributed by atoms with Gasteiger partial charge in [-0.2, -0.15) is 5.10 Å². The van der Waals surface area contributed by atoms with E-state index >= 15 is 0 Å². The van der Waals surface area contributed by atoms with Crippen molar-refractivity contribution in [3.8, 4) is 22.8 Å². The van der Waals surface area contributed by atoms with Gasteiger partial charge in [-0.25, -0.2) is 4.68 Å². The van der Waals surface area contributed by atoms with Gasteiger partial charge < -0.3 is 14.8 Å². The van der Waals surface area contributed by atoms with E-state index in [0.29, 0.717) is 38.2 Å². The van der Waals surface area contributed by atoms with Gasteiger partial charge in [0, 0.05) is 31.1 Å². The van der Waals surface area contributed by atoms with Gasteiger partial charge in [-0.05, 0) is 67.8 Å². The van der Waals surface area contributed by atoms with Crippen LogP contribution in [0.4, 0.5) is 0 Å². The van der Waals surface area contributed by atoms with Crippen molar-refractivity contribution in [1.82, 2.24) is 15.1 Å². The molecule has 0 fully saturated rings. The predicted molar refractivity (Wildman–Crippen MR) is 124 cm³/mol. The minimum Gasteiger partial charge on any atom is -0.497 e. The largest absolute Gasteiger partial charge is 0.497 e. The van der Waals surface area contributed by atoms with Crippen LogP contribution in [0.1, 0.15) is 25.3 Å². The molecule has 0 aliphatic heterocycles. The zero-order valence-corrected chi connectivity index (χ0v) is 18.5. The highest BCUT2D eigenvalue weighted by atomic mass is 16.5. The standard InChI is InChI=1S/C25H29N3O4/c1-3-32-22-12-8-20(9-13-22)23-14-15-25(30)28(27-23)18-4-5-24(29)26-17-16-19-6-10-21(31-2)11-7-19/h6-15H,3-5,16-18H2,1-2H3,(H,26,29). The molecule has 0 bridgehead atoms.